The van der Waals surface area contributed by atoms with Crippen molar-refractivity contribution in [2.24, 2.45) is 0 Å². The number of Topliss-reactive ketones (excluding diaryl/α,β-unsaturated/α-hetero) is 2. The summed E-state index contributed by atoms with van der Waals surface area (Å²) in [6.07, 6.45) is 1.28. The molecule has 0 aromatic carbocycles. The van der Waals surface area contributed by atoms with Crippen LogP contribution >= 0.6 is 0 Å². The molecule has 2 atom stereocenters. The van der Waals surface area contributed by atoms with Crippen molar-refractivity contribution in [3.05, 3.63) is 0 Å². The number of aliphatic hydroxyl groups is 2. The molecule has 0 aliphatic carbocycles. The molecule has 2 unspecified atom stereocenters. The number of hydrogen-bond donors (Lipinski definition) is 2. The summed E-state index contributed by atoms with van der Waals surface area (Å²) >= 11 is 0. The minimum Gasteiger partial charge on any atom is -0.466 e. The van der Waals surface area contributed by atoms with E-state index in [1.165, 1.54) is 13.8 Å². The molecule has 0 radical (unpaired) electrons. The standard InChI is InChI=1S/2C6H10O3.2C4H10O.Ti/c2*1-3-9-6(8)4-5(2)7;2*1-3-4(2)5;/h2*3-4H2,1-2H3;2*4-5H,3H2,1-2H3;. The first-order valence-electron chi connectivity index (χ1n) is 9.53. The third-order valence-corrected chi connectivity index (χ3v) is 2.58. The van der Waals surface area contributed by atoms with Crippen molar-refractivity contribution in [2.75, 3.05) is 13.2 Å². The molecule has 0 aliphatic heterocycles. The van der Waals surface area contributed by atoms with Crippen molar-refractivity contribution in [3.8, 4) is 0 Å². The van der Waals surface area contributed by atoms with Crippen LogP contribution in [0.15, 0.2) is 0 Å². The minimum atomic E-state index is -0.440. The molecule has 29 heavy (non-hydrogen) atoms. The molecule has 172 valence electrons. The summed E-state index contributed by atoms with van der Waals surface area (Å²) < 4.78 is 8.99. The van der Waals surface area contributed by atoms with E-state index in [0.717, 1.165) is 12.8 Å². The Kier molecular flexibility index (Phi) is 38.7. The van der Waals surface area contributed by atoms with Crippen molar-refractivity contribution >= 4 is 23.5 Å². The SMILES string of the molecule is CCC(C)O.CCC(C)O.CCOC(=O)CC(C)=O.CCOC(=O)CC(C)=O.[Ti]. The van der Waals surface area contributed by atoms with E-state index in [4.69, 9.17) is 10.2 Å². The Balaban J connectivity index is -0.0000000907. The van der Waals surface area contributed by atoms with E-state index in [9.17, 15) is 19.2 Å². The summed E-state index contributed by atoms with van der Waals surface area (Å²) in [7, 11) is 0. The van der Waals surface area contributed by atoms with Gasteiger partial charge in [0.1, 0.15) is 24.4 Å². The van der Waals surface area contributed by atoms with Gasteiger partial charge in [-0.1, -0.05) is 13.8 Å². The molecule has 0 aromatic heterocycles. The van der Waals surface area contributed by atoms with Crippen molar-refractivity contribution in [2.45, 2.75) is 93.3 Å². The van der Waals surface area contributed by atoms with Crippen molar-refractivity contribution in [3.63, 3.8) is 0 Å². The van der Waals surface area contributed by atoms with Gasteiger partial charge in [-0.25, -0.2) is 0 Å². The summed E-state index contributed by atoms with van der Waals surface area (Å²) in [5.41, 5.74) is 0. The molecule has 0 saturated carbocycles. The molecule has 0 saturated heterocycles. The van der Waals surface area contributed by atoms with Gasteiger partial charge < -0.3 is 19.7 Å². The molecule has 8 nitrogen and oxygen atoms in total. The van der Waals surface area contributed by atoms with Crippen LogP contribution < -0.4 is 0 Å². The second-order valence-electron chi connectivity index (χ2n) is 5.88. The van der Waals surface area contributed by atoms with E-state index in [-0.39, 0.29) is 58.3 Å². The summed E-state index contributed by atoms with van der Waals surface area (Å²) in [5, 5.41) is 16.7. The van der Waals surface area contributed by atoms with Gasteiger partial charge in [0.15, 0.2) is 0 Å². The Morgan fingerprint density at radius 3 is 1.00 bits per heavy atom. The first-order chi connectivity index (χ1) is 12.9. The van der Waals surface area contributed by atoms with Gasteiger partial charge in [-0.15, -0.1) is 0 Å². The molecule has 9 heteroatoms. The minimum absolute atomic E-state index is 0. The van der Waals surface area contributed by atoms with Gasteiger partial charge >= 0.3 is 11.9 Å². The average Bonchev–Trinajstić information content (AvgIpc) is 2.55. The maximum atomic E-state index is 10.4. The first kappa shape index (κ1) is 38.5. The van der Waals surface area contributed by atoms with E-state index in [1.54, 1.807) is 27.7 Å². The first-order valence-corrected chi connectivity index (χ1v) is 9.53. The third-order valence-electron chi connectivity index (χ3n) is 2.58. The number of rotatable bonds is 8. The van der Waals surface area contributed by atoms with Crippen LogP contribution in [0.5, 0.6) is 0 Å². The fourth-order valence-electron chi connectivity index (χ4n) is 0.831. The molecule has 0 spiro atoms. The average molecular weight is 456 g/mol. The molecule has 0 heterocycles. The predicted octanol–water partition coefficient (Wildman–Crippen LogP) is 2.61. The Bertz CT molecular complexity index is 371. The van der Waals surface area contributed by atoms with E-state index >= 15 is 0 Å². The zero-order chi connectivity index (χ0) is 23.1. The fourth-order valence-corrected chi connectivity index (χ4v) is 0.831. The number of carbonyl (C=O) groups excluding carboxylic acids is 4. The predicted molar refractivity (Wildman–Crippen MR) is 108 cm³/mol. The van der Waals surface area contributed by atoms with Crippen LogP contribution in [0.1, 0.15) is 81.1 Å². The number of esters is 2. The Hall–Kier alpha value is -1.09. The van der Waals surface area contributed by atoms with Crippen LogP contribution in [-0.4, -0.2) is 59.1 Å². The number of hydrogen-bond acceptors (Lipinski definition) is 8. The molecular weight excluding hydrogens is 416 g/mol. The summed E-state index contributed by atoms with van der Waals surface area (Å²) in [4.78, 5) is 41.3. The van der Waals surface area contributed by atoms with Gasteiger partial charge in [-0.3, -0.25) is 19.2 Å². The maximum Gasteiger partial charge on any atom is 0.313 e. The van der Waals surface area contributed by atoms with E-state index in [1.807, 2.05) is 13.8 Å². The van der Waals surface area contributed by atoms with Gasteiger partial charge in [0, 0.05) is 21.7 Å². The molecule has 0 aliphatic rings. The quantitative estimate of drug-likeness (QED) is 0.324. The summed E-state index contributed by atoms with van der Waals surface area (Å²) in [6, 6.07) is 0. The molecule has 0 aromatic rings. The topological polar surface area (TPSA) is 127 Å². The maximum absolute atomic E-state index is 10.4. The second kappa shape index (κ2) is 29.1. The monoisotopic (exact) mass is 456 g/mol. The fraction of sp³-hybridized carbons (Fsp3) is 0.800. The molecule has 2 N–H and O–H groups in total. The molecule has 0 fully saturated rings. The van der Waals surface area contributed by atoms with Gasteiger partial charge in [0.25, 0.3) is 0 Å². The Labute approximate surface area is 190 Å². The summed E-state index contributed by atoms with van der Waals surface area (Å²) in [5.74, 6) is -1.20. The van der Waals surface area contributed by atoms with Crippen LogP contribution in [0.3, 0.4) is 0 Å². The molecule has 0 rings (SSSR count). The van der Waals surface area contributed by atoms with Crippen LogP contribution in [0.4, 0.5) is 0 Å². The van der Waals surface area contributed by atoms with Crippen LogP contribution in [0.25, 0.3) is 0 Å². The number of carbonyl (C=O) groups is 4. The zero-order valence-electron chi connectivity index (χ0n) is 19.2. The second-order valence-corrected chi connectivity index (χ2v) is 5.88. The van der Waals surface area contributed by atoms with Crippen molar-refractivity contribution < 1.29 is 60.6 Å². The Morgan fingerprint density at radius 1 is 0.690 bits per heavy atom. The zero-order valence-corrected chi connectivity index (χ0v) is 20.8. The van der Waals surface area contributed by atoms with Gasteiger partial charge in [-0.2, -0.15) is 0 Å². The van der Waals surface area contributed by atoms with Crippen LogP contribution in [-0.2, 0) is 50.4 Å². The van der Waals surface area contributed by atoms with E-state index in [2.05, 4.69) is 9.47 Å². The van der Waals surface area contributed by atoms with Gasteiger partial charge in [0.2, 0.25) is 0 Å². The smallest absolute Gasteiger partial charge is 0.313 e. The normalized spacial score (nSPS) is 10.6. The molecule has 0 bridgehead atoms. The third kappa shape index (κ3) is 58.4. The number of aliphatic hydroxyl groups excluding tert-OH is 2. The number of ether oxygens (including phenoxy) is 2. The van der Waals surface area contributed by atoms with Crippen LogP contribution in [0.2, 0.25) is 0 Å². The molecular formula is C20H40O8Ti. The molecule has 0 amide bonds. The largest absolute Gasteiger partial charge is 0.466 e. The van der Waals surface area contributed by atoms with E-state index in [0.29, 0.717) is 13.2 Å². The van der Waals surface area contributed by atoms with E-state index < -0.39 is 11.9 Å². The van der Waals surface area contributed by atoms with Gasteiger partial charge in [-0.05, 0) is 54.4 Å². The van der Waals surface area contributed by atoms with Gasteiger partial charge in [0.05, 0.1) is 25.4 Å². The summed E-state index contributed by atoms with van der Waals surface area (Å²) in [6.45, 7) is 14.3. The van der Waals surface area contributed by atoms with Crippen molar-refractivity contribution in [1.29, 1.82) is 0 Å². The van der Waals surface area contributed by atoms with Crippen molar-refractivity contribution in [1.82, 2.24) is 0 Å². The number of ketones is 2. The Morgan fingerprint density at radius 2 is 0.897 bits per heavy atom. The van der Waals surface area contributed by atoms with Crippen LogP contribution in [0, 0.1) is 0 Å².